The molecule has 0 N–H and O–H groups in total. The summed E-state index contributed by atoms with van der Waals surface area (Å²) < 4.78 is 0. The van der Waals surface area contributed by atoms with E-state index >= 15 is 0 Å². The van der Waals surface area contributed by atoms with Crippen molar-refractivity contribution in [1.29, 1.82) is 5.26 Å². The van der Waals surface area contributed by atoms with Gasteiger partial charge in [0.05, 0.1) is 6.07 Å². The van der Waals surface area contributed by atoms with Crippen LogP contribution < -0.4 is 0 Å². The molecule has 1 nitrogen and oxygen atoms in total. The summed E-state index contributed by atoms with van der Waals surface area (Å²) in [5, 5.41) is 9.40. The first kappa shape index (κ1) is 18.2. The number of nitriles is 1. The van der Waals surface area contributed by atoms with E-state index in [1.165, 1.54) is 32.1 Å². The van der Waals surface area contributed by atoms with E-state index in [9.17, 15) is 5.26 Å². The SMILES string of the molecule is C=C/C=C1/CCC2C(CCC3(C)C(C(=C)C#N)CCC23)C1(C)/C=C\C. The van der Waals surface area contributed by atoms with Crippen molar-refractivity contribution in [2.75, 3.05) is 0 Å². The van der Waals surface area contributed by atoms with Crippen LogP contribution in [0.15, 0.2) is 48.6 Å². The largest absolute Gasteiger partial charge is 0.193 e. The maximum absolute atomic E-state index is 9.40. The van der Waals surface area contributed by atoms with Crippen LogP contribution in [-0.2, 0) is 0 Å². The third kappa shape index (κ3) is 2.66. The molecule has 0 aromatic heterocycles. The van der Waals surface area contributed by atoms with Crippen LogP contribution >= 0.6 is 0 Å². The highest BCUT2D eigenvalue weighted by molar-refractivity contribution is 5.31. The molecule has 0 heterocycles. The second-order valence-electron chi connectivity index (χ2n) is 8.94. The smallest absolute Gasteiger partial charge is 0.0944 e. The van der Waals surface area contributed by atoms with Gasteiger partial charge in [0.25, 0.3) is 0 Å². The summed E-state index contributed by atoms with van der Waals surface area (Å²) in [7, 11) is 0. The summed E-state index contributed by atoms with van der Waals surface area (Å²) in [6.07, 6.45) is 16.3. The molecule has 0 radical (unpaired) electrons. The van der Waals surface area contributed by atoms with Gasteiger partial charge in [0.15, 0.2) is 0 Å². The second kappa shape index (κ2) is 6.64. The van der Waals surface area contributed by atoms with E-state index in [4.69, 9.17) is 0 Å². The molecule has 3 rings (SSSR count). The molecule has 1 heteroatoms. The fourth-order valence-electron chi connectivity index (χ4n) is 6.90. The number of fused-ring (bicyclic) bond motifs is 3. The standard InChI is InChI=1S/C24H33N/c1-6-8-18-9-10-19-21-12-11-20(17(3)16-25)24(21,5)15-13-22(19)23(18,4)14-7-2/h6-8,14,19-22H,1,3,9-13,15H2,2,4-5H3/b14-7-,18-8-. The van der Waals surface area contributed by atoms with Gasteiger partial charge >= 0.3 is 0 Å². The van der Waals surface area contributed by atoms with E-state index in [0.29, 0.717) is 5.92 Å². The van der Waals surface area contributed by atoms with Crippen LogP contribution in [0.4, 0.5) is 0 Å². The molecule has 0 aromatic rings. The number of rotatable bonds is 3. The highest BCUT2D eigenvalue weighted by Crippen LogP contribution is 2.66. The fourth-order valence-corrected chi connectivity index (χ4v) is 6.90. The van der Waals surface area contributed by atoms with Crippen molar-refractivity contribution in [2.24, 2.45) is 34.5 Å². The quantitative estimate of drug-likeness (QED) is 0.420. The van der Waals surface area contributed by atoms with E-state index in [2.05, 4.69) is 58.2 Å². The lowest BCUT2D eigenvalue weighted by Crippen LogP contribution is -2.49. The Morgan fingerprint density at radius 1 is 1.20 bits per heavy atom. The van der Waals surface area contributed by atoms with E-state index in [1.807, 2.05) is 6.08 Å². The minimum atomic E-state index is 0.164. The van der Waals surface area contributed by atoms with Gasteiger partial charge in [0, 0.05) is 11.0 Å². The van der Waals surface area contributed by atoms with Crippen LogP contribution in [-0.4, -0.2) is 0 Å². The van der Waals surface area contributed by atoms with Crippen LogP contribution in [0.2, 0.25) is 0 Å². The van der Waals surface area contributed by atoms with Gasteiger partial charge in [0.1, 0.15) is 0 Å². The Hall–Kier alpha value is -1.55. The minimum absolute atomic E-state index is 0.164. The molecule has 0 spiro atoms. The first-order valence-electron chi connectivity index (χ1n) is 9.97. The number of nitrogens with zero attached hydrogens (tertiary/aromatic N) is 1. The van der Waals surface area contributed by atoms with Gasteiger partial charge in [-0.2, -0.15) is 5.26 Å². The van der Waals surface area contributed by atoms with Crippen LogP contribution in [0.1, 0.15) is 59.3 Å². The van der Waals surface area contributed by atoms with Crippen molar-refractivity contribution in [3.8, 4) is 6.07 Å². The van der Waals surface area contributed by atoms with Crippen molar-refractivity contribution < 1.29 is 0 Å². The van der Waals surface area contributed by atoms with Gasteiger partial charge in [-0.1, -0.05) is 56.9 Å². The Morgan fingerprint density at radius 3 is 2.60 bits per heavy atom. The summed E-state index contributed by atoms with van der Waals surface area (Å²) in [6.45, 7) is 15.1. The molecule has 0 aliphatic heterocycles. The van der Waals surface area contributed by atoms with E-state index < -0.39 is 0 Å². The Kier molecular flexibility index (Phi) is 4.84. The molecule has 3 saturated carbocycles. The second-order valence-corrected chi connectivity index (χ2v) is 8.94. The van der Waals surface area contributed by atoms with Crippen LogP contribution in [0.5, 0.6) is 0 Å². The lowest BCUT2D eigenvalue weighted by atomic mass is 9.48. The molecule has 25 heavy (non-hydrogen) atoms. The zero-order chi connectivity index (χ0) is 18.2. The molecule has 6 atom stereocenters. The number of allylic oxidation sites excluding steroid dienone is 6. The molecule has 3 aliphatic carbocycles. The summed E-state index contributed by atoms with van der Waals surface area (Å²) in [4.78, 5) is 0. The fraction of sp³-hybridized carbons (Fsp3) is 0.625. The molecular formula is C24H33N. The Bertz CT molecular complexity index is 660. The Balaban J connectivity index is 1.96. The van der Waals surface area contributed by atoms with Crippen LogP contribution in [0.25, 0.3) is 0 Å². The number of hydrogen-bond donors (Lipinski definition) is 0. The van der Waals surface area contributed by atoms with Gasteiger partial charge in [-0.05, 0) is 74.5 Å². The first-order chi connectivity index (χ1) is 11.9. The molecular weight excluding hydrogens is 302 g/mol. The van der Waals surface area contributed by atoms with Gasteiger partial charge < -0.3 is 0 Å². The van der Waals surface area contributed by atoms with E-state index in [-0.39, 0.29) is 10.8 Å². The Labute approximate surface area is 154 Å². The van der Waals surface area contributed by atoms with Crippen molar-refractivity contribution in [3.05, 3.63) is 48.6 Å². The third-order valence-corrected chi connectivity index (χ3v) is 8.04. The van der Waals surface area contributed by atoms with Gasteiger partial charge in [-0.25, -0.2) is 0 Å². The summed E-state index contributed by atoms with van der Waals surface area (Å²) in [6, 6.07) is 2.37. The summed E-state index contributed by atoms with van der Waals surface area (Å²) in [5.41, 5.74) is 2.83. The molecule has 3 aliphatic rings. The van der Waals surface area contributed by atoms with Crippen molar-refractivity contribution >= 4 is 0 Å². The highest BCUT2D eigenvalue weighted by Gasteiger charge is 2.58. The molecule has 0 bridgehead atoms. The lowest BCUT2D eigenvalue weighted by molar-refractivity contribution is -0.0268. The Morgan fingerprint density at radius 2 is 1.96 bits per heavy atom. The molecule has 134 valence electrons. The predicted molar refractivity (Wildman–Crippen MR) is 106 cm³/mol. The van der Waals surface area contributed by atoms with Crippen molar-refractivity contribution in [3.63, 3.8) is 0 Å². The molecule has 0 amide bonds. The maximum atomic E-state index is 9.40. The predicted octanol–water partition coefficient (Wildman–Crippen LogP) is 6.61. The molecule has 6 unspecified atom stereocenters. The topological polar surface area (TPSA) is 23.8 Å². The normalized spacial score (nSPS) is 45.0. The zero-order valence-electron chi connectivity index (χ0n) is 16.2. The average Bonchev–Trinajstić information content (AvgIpc) is 2.94. The summed E-state index contributed by atoms with van der Waals surface area (Å²) >= 11 is 0. The van der Waals surface area contributed by atoms with Crippen molar-refractivity contribution in [1.82, 2.24) is 0 Å². The maximum Gasteiger partial charge on any atom is 0.0944 e. The lowest BCUT2D eigenvalue weighted by Gasteiger charge is -2.56. The average molecular weight is 336 g/mol. The number of hydrogen-bond acceptors (Lipinski definition) is 1. The third-order valence-electron chi connectivity index (χ3n) is 8.04. The first-order valence-corrected chi connectivity index (χ1v) is 9.97. The molecule has 3 fully saturated rings. The van der Waals surface area contributed by atoms with Crippen LogP contribution in [0, 0.1) is 45.8 Å². The minimum Gasteiger partial charge on any atom is -0.193 e. The molecule has 0 aromatic carbocycles. The summed E-state index contributed by atoms with van der Waals surface area (Å²) in [5.74, 6) is 2.65. The van der Waals surface area contributed by atoms with Crippen LogP contribution in [0.3, 0.4) is 0 Å². The van der Waals surface area contributed by atoms with Gasteiger partial charge in [-0.15, -0.1) is 0 Å². The highest BCUT2D eigenvalue weighted by atomic mass is 14.6. The monoisotopic (exact) mass is 335 g/mol. The van der Waals surface area contributed by atoms with E-state index in [0.717, 1.165) is 29.7 Å². The van der Waals surface area contributed by atoms with E-state index in [1.54, 1.807) is 5.57 Å². The van der Waals surface area contributed by atoms with Gasteiger partial charge in [-0.3, -0.25) is 0 Å². The van der Waals surface area contributed by atoms with Gasteiger partial charge in [0.2, 0.25) is 0 Å². The van der Waals surface area contributed by atoms with Crippen molar-refractivity contribution in [2.45, 2.75) is 59.3 Å². The molecule has 0 saturated heterocycles. The zero-order valence-corrected chi connectivity index (χ0v) is 16.2.